The van der Waals surface area contributed by atoms with Crippen molar-refractivity contribution < 1.29 is 14.1 Å². The van der Waals surface area contributed by atoms with Gasteiger partial charge in [0.15, 0.2) is 5.58 Å². The monoisotopic (exact) mass is 449 g/mol. The maximum atomic E-state index is 12.6. The van der Waals surface area contributed by atoms with Gasteiger partial charge in [0, 0.05) is 22.9 Å². The summed E-state index contributed by atoms with van der Waals surface area (Å²) in [6.45, 7) is 4.31. The summed E-state index contributed by atoms with van der Waals surface area (Å²) in [7, 11) is 0. The van der Waals surface area contributed by atoms with E-state index in [1.165, 1.54) is 17.7 Å². The maximum Gasteiger partial charge on any atom is 0.288 e. The molecule has 4 aromatic rings. The molecule has 1 aromatic heterocycles. The molecule has 0 spiro atoms. The van der Waals surface area contributed by atoms with Gasteiger partial charge < -0.3 is 9.73 Å². The summed E-state index contributed by atoms with van der Waals surface area (Å²) < 4.78 is 5.91. The molecule has 0 aliphatic rings. The van der Waals surface area contributed by atoms with Gasteiger partial charge in [0.05, 0.1) is 4.92 Å². The third-order valence-electron chi connectivity index (χ3n) is 5.37. The standard InChI is InChI=1S/C24H20ClN3O4/c1-3-14(2)15-8-10-22-20(12-15)27-24(32-22)17-5-4-6-18(11-17)26-23(29)16-7-9-19(25)21(13-16)28(30)31/h4-14H,3H2,1-2H3,(H,26,29)/t14-/m1/s1. The van der Waals surface area contributed by atoms with Crippen LogP contribution < -0.4 is 5.32 Å². The van der Waals surface area contributed by atoms with Gasteiger partial charge in [-0.05, 0) is 60.4 Å². The van der Waals surface area contributed by atoms with E-state index in [1.54, 1.807) is 18.2 Å². The largest absolute Gasteiger partial charge is 0.436 e. The molecule has 0 radical (unpaired) electrons. The summed E-state index contributed by atoms with van der Waals surface area (Å²) in [6.07, 6.45) is 1.04. The molecule has 0 aliphatic carbocycles. The molecule has 0 fully saturated rings. The summed E-state index contributed by atoms with van der Waals surface area (Å²) >= 11 is 5.82. The van der Waals surface area contributed by atoms with Crippen LogP contribution in [0.4, 0.5) is 11.4 Å². The van der Waals surface area contributed by atoms with E-state index in [-0.39, 0.29) is 16.3 Å². The third-order valence-corrected chi connectivity index (χ3v) is 5.69. The quantitative estimate of drug-likeness (QED) is 0.257. The molecule has 1 N–H and O–H groups in total. The van der Waals surface area contributed by atoms with Crippen LogP contribution in [0.2, 0.25) is 5.02 Å². The zero-order chi connectivity index (χ0) is 22.8. The van der Waals surface area contributed by atoms with E-state index in [2.05, 4.69) is 24.1 Å². The number of carbonyl (C=O) groups is 1. The Morgan fingerprint density at radius 3 is 2.75 bits per heavy atom. The van der Waals surface area contributed by atoms with Gasteiger partial charge in [-0.15, -0.1) is 0 Å². The molecule has 7 nitrogen and oxygen atoms in total. The lowest BCUT2D eigenvalue weighted by Crippen LogP contribution is -2.12. The van der Waals surface area contributed by atoms with Crippen LogP contribution in [0, 0.1) is 10.1 Å². The molecule has 0 aliphatic heterocycles. The van der Waals surface area contributed by atoms with Crippen LogP contribution >= 0.6 is 11.6 Å². The molecule has 3 aromatic carbocycles. The molecule has 4 rings (SSSR count). The summed E-state index contributed by atoms with van der Waals surface area (Å²) in [5.74, 6) is 0.388. The van der Waals surface area contributed by atoms with Gasteiger partial charge in [-0.1, -0.05) is 37.6 Å². The van der Waals surface area contributed by atoms with E-state index in [0.29, 0.717) is 28.6 Å². The second kappa shape index (κ2) is 8.80. The Balaban J connectivity index is 1.59. The molecule has 0 saturated carbocycles. The zero-order valence-corrected chi connectivity index (χ0v) is 18.2. The molecule has 0 unspecified atom stereocenters. The first kappa shape index (κ1) is 21.5. The molecule has 1 amide bonds. The van der Waals surface area contributed by atoms with Gasteiger partial charge in [-0.2, -0.15) is 0 Å². The van der Waals surface area contributed by atoms with Gasteiger partial charge >= 0.3 is 0 Å². The Bertz CT molecular complexity index is 1330. The first-order chi connectivity index (χ1) is 15.4. The van der Waals surface area contributed by atoms with Crippen molar-refractivity contribution in [2.24, 2.45) is 0 Å². The van der Waals surface area contributed by atoms with Crippen LogP contribution in [0.5, 0.6) is 0 Å². The Kier molecular flexibility index (Phi) is 5.92. The predicted octanol–water partition coefficient (Wildman–Crippen LogP) is 6.82. The summed E-state index contributed by atoms with van der Waals surface area (Å²) in [5.41, 5.74) is 3.69. The highest BCUT2D eigenvalue weighted by Crippen LogP contribution is 2.30. The number of fused-ring (bicyclic) bond motifs is 1. The minimum atomic E-state index is -0.625. The summed E-state index contributed by atoms with van der Waals surface area (Å²) in [6, 6.07) is 17.0. The van der Waals surface area contributed by atoms with Crippen molar-refractivity contribution in [3.05, 3.63) is 86.9 Å². The van der Waals surface area contributed by atoms with Crippen LogP contribution in [0.25, 0.3) is 22.6 Å². The number of nitro benzene ring substituents is 1. The van der Waals surface area contributed by atoms with Gasteiger partial charge in [0.2, 0.25) is 5.89 Å². The van der Waals surface area contributed by atoms with Crippen LogP contribution in [-0.2, 0) is 0 Å². The Morgan fingerprint density at radius 1 is 1.19 bits per heavy atom. The normalized spacial score (nSPS) is 12.0. The highest BCUT2D eigenvalue weighted by Gasteiger charge is 2.17. The fourth-order valence-electron chi connectivity index (χ4n) is 3.34. The fourth-order valence-corrected chi connectivity index (χ4v) is 3.52. The van der Waals surface area contributed by atoms with Crippen molar-refractivity contribution in [1.82, 2.24) is 4.98 Å². The SMILES string of the molecule is CC[C@@H](C)c1ccc2oc(-c3cccc(NC(=O)c4ccc(Cl)c([N+](=O)[O-])c4)c3)nc2c1. The van der Waals surface area contributed by atoms with E-state index >= 15 is 0 Å². The number of carbonyl (C=O) groups excluding carboxylic acids is 1. The first-order valence-corrected chi connectivity index (χ1v) is 10.5. The number of amides is 1. The first-order valence-electron chi connectivity index (χ1n) is 10.1. The molecule has 0 bridgehead atoms. The number of rotatable bonds is 6. The number of halogens is 1. The molecular formula is C24H20ClN3O4. The van der Waals surface area contributed by atoms with Crippen molar-refractivity contribution in [2.45, 2.75) is 26.2 Å². The number of benzene rings is 3. The molecule has 32 heavy (non-hydrogen) atoms. The molecule has 0 saturated heterocycles. The maximum absolute atomic E-state index is 12.6. The average Bonchev–Trinajstić information content (AvgIpc) is 3.22. The van der Waals surface area contributed by atoms with E-state index in [1.807, 2.05) is 24.3 Å². The molecular weight excluding hydrogens is 430 g/mol. The Hall–Kier alpha value is -3.71. The van der Waals surface area contributed by atoms with E-state index in [4.69, 9.17) is 16.0 Å². The zero-order valence-electron chi connectivity index (χ0n) is 17.5. The van der Waals surface area contributed by atoms with E-state index in [0.717, 1.165) is 18.0 Å². The lowest BCUT2D eigenvalue weighted by Gasteiger charge is -2.07. The average molecular weight is 450 g/mol. The van der Waals surface area contributed by atoms with Crippen LogP contribution in [0.1, 0.15) is 42.1 Å². The number of hydrogen-bond acceptors (Lipinski definition) is 5. The van der Waals surface area contributed by atoms with Crippen molar-refractivity contribution in [3.8, 4) is 11.5 Å². The van der Waals surface area contributed by atoms with Crippen molar-refractivity contribution in [3.63, 3.8) is 0 Å². The van der Waals surface area contributed by atoms with Crippen LogP contribution in [-0.4, -0.2) is 15.8 Å². The van der Waals surface area contributed by atoms with Crippen molar-refractivity contribution in [1.29, 1.82) is 0 Å². The van der Waals surface area contributed by atoms with Gasteiger partial charge in [0.25, 0.3) is 11.6 Å². The van der Waals surface area contributed by atoms with Crippen molar-refractivity contribution in [2.75, 3.05) is 5.32 Å². The lowest BCUT2D eigenvalue weighted by atomic mass is 9.98. The number of nitrogens with zero attached hydrogens (tertiary/aromatic N) is 2. The number of anilines is 1. The van der Waals surface area contributed by atoms with Gasteiger partial charge in [0.1, 0.15) is 10.5 Å². The highest BCUT2D eigenvalue weighted by atomic mass is 35.5. The molecule has 8 heteroatoms. The number of nitrogens with one attached hydrogen (secondary N) is 1. The Morgan fingerprint density at radius 2 is 2.00 bits per heavy atom. The highest BCUT2D eigenvalue weighted by molar-refractivity contribution is 6.32. The Labute approximate surface area is 189 Å². The number of nitro groups is 1. The number of hydrogen-bond donors (Lipinski definition) is 1. The number of aromatic nitrogens is 1. The third kappa shape index (κ3) is 4.33. The van der Waals surface area contributed by atoms with Crippen LogP contribution in [0.15, 0.2) is 65.1 Å². The number of oxazole rings is 1. The summed E-state index contributed by atoms with van der Waals surface area (Å²) in [5, 5.41) is 13.8. The minimum absolute atomic E-state index is 0.0269. The smallest absolute Gasteiger partial charge is 0.288 e. The minimum Gasteiger partial charge on any atom is -0.436 e. The molecule has 162 valence electrons. The second-order valence-electron chi connectivity index (χ2n) is 7.51. The molecule has 1 heterocycles. The predicted molar refractivity (Wildman–Crippen MR) is 124 cm³/mol. The summed E-state index contributed by atoms with van der Waals surface area (Å²) in [4.78, 5) is 27.7. The topological polar surface area (TPSA) is 98.3 Å². The molecule has 1 atom stereocenters. The van der Waals surface area contributed by atoms with Crippen LogP contribution in [0.3, 0.4) is 0 Å². The van der Waals surface area contributed by atoms with E-state index < -0.39 is 10.8 Å². The fraction of sp³-hybridized carbons (Fsp3) is 0.167. The van der Waals surface area contributed by atoms with Gasteiger partial charge in [-0.25, -0.2) is 4.98 Å². The lowest BCUT2D eigenvalue weighted by molar-refractivity contribution is -0.384. The van der Waals surface area contributed by atoms with Gasteiger partial charge in [-0.3, -0.25) is 14.9 Å². The van der Waals surface area contributed by atoms with E-state index in [9.17, 15) is 14.9 Å². The van der Waals surface area contributed by atoms with Crippen molar-refractivity contribution >= 4 is 40.0 Å². The second-order valence-corrected chi connectivity index (χ2v) is 7.92.